The van der Waals surface area contributed by atoms with Gasteiger partial charge in [-0.3, -0.25) is 14.3 Å². The molecule has 0 aromatic carbocycles. The van der Waals surface area contributed by atoms with Gasteiger partial charge in [-0.15, -0.1) is 0 Å². The maximum atomic E-state index is 12.9. The van der Waals surface area contributed by atoms with Gasteiger partial charge in [-0.1, -0.05) is 26.7 Å². The molecule has 1 aromatic rings. The van der Waals surface area contributed by atoms with Crippen LogP contribution in [0.4, 0.5) is 0 Å². The van der Waals surface area contributed by atoms with Crippen molar-refractivity contribution in [2.24, 2.45) is 5.92 Å². The highest BCUT2D eigenvalue weighted by Gasteiger charge is 2.36. The van der Waals surface area contributed by atoms with Crippen LogP contribution in [0.25, 0.3) is 0 Å². The third-order valence-corrected chi connectivity index (χ3v) is 5.79. The van der Waals surface area contributed by atoms with Crippen LogP contribution in [0.3, 0.4) is 0 Å². The highest BCUT2D eigenvalue weighted by atomic mass is 16.2. The van der Waals surface area contributed by atoms with Crippen molar-refractivity contribution in [3.63, 3.8) is 0 Å². The fourth-order valence-corrected chi connectivity index (χ4v) is 4.30. The molecule has 1 saturated carbocycles. The van der Waals surface area contributed by atoms with Crippen LogP contribution < -0.4 is 0 Å². The normalized spacial score (nSPS) is 21.2. The minimum Gasteiger partial charge on any atom is -0.340 e. The van der Waals surface area contributed by atoms with Crippen LogP contribution in [0.2, 0.25) is 0 Å². The van der Waals surface area contributed by atoms with Crippen molar-refractivity contribution in [1.82, 2.24) is 19.6 Å². The molecule has 1 aromatic heterocycles. The summed E-state index contributed by atoms with van der Waals surface area (Å²) in [7, 11) is 1.84. The minimum absolute atomic E-state index is 0.00184. The zero-order valence-electron chi connectivity index (χ0n) is 16.6. The van der Waals surface area contributed by atoms with Crippen molar-refractivity contribution < 1.29 is 9.59 Å². The van der Waals surface area contributed by atoms with E-state index in [4.69, 9.17) is 0 Å². The minimum atomic E-state index is -0.00184. The largest absolute Gasteiger partial charge is 0.340 e. The van der Waals surface area contributed by atoms with Crippen molar-refractivity contribution in [3.8, 4) is 0 Å². The average molecular weight is 361 g/mol. The van der Waals surface area contributed by atoms with Gasteiger partial charge in [-0.2, -0.15) is 5.10 Å². The highest BCUT2D eigenvalue weighted by Crippen LogP contribution is 2.29. The van der Waals surface area contributed by atoms with Gasteiger partial charge in [-0.05, 0) is 31.7 Å². The Morgan fingerprint density at radius 1 is 1.35 bits per heavy atom. The monoisotopic (exact) mass is 360 g/mol. The molecule has 2 amide bonds. The van der Waals surface area contributed by atoms with E-state index in [1.807, 2.05) is 20.0 Å². The van der Waals surface area contributed by atoms with Crippen molar-refractivity contribution in [3.05, 3.63) is 17.5 Å². The molecule has 6 nitrogen and oxygen atoms in total. The van der Waals surface area contributed by atoms with Crippen molar-refractivity contribution in [2.75, 3.05) is 20.1 Å². The summed E-state index contributed by atoms with van der Waals surface area (Å²) in [6, 6.07) is 2.35. The number of rotatable bonds is 6. The van der Waals surface area contributed by atoms with Crippen LogP contribution >= 0.6 is 0 Å². The molecular weight excluding hydrogens is 328 g/mol. The fraction of sp³-hybridized carbons (Fsp3) is 0.750. The molecule has 1 aliphatic heterocycles. The number of carbonyl (C=O) groups is 2. The molecule has 6 heteroatoms. The van der Waals surface area contributed by atoms with Crippen molar-refractivity contribution in [1.29, 1.82) is 0 Å². The molecule has 0 N–H and O–H groups in total. The van der Waals surface area contributed by atoms with Gasteiger partial charge in [0, 0.05) is 45.1 Å². The number of aromatic nitrogens is 2. The molecule has 1 saturated heterocycles. The number of likely N-dealkylation sites (tertiary alicyclic amines) is 1. The van der Waals surface area contributed by atoms with Gasteiger partial charge in [-0.25, -0.2) is 0 Å². The van der Waals surface area contributed by atoms with Gasteiger partial charge in [0.2, 0.25) is 5.91 Å². The zero-order chi connectivity index (χ0) is 18.8. The summed E-state index contributed by atoms with van der Waals surface area (Å²) in [5, 5.41) is 4.55. The Morgan fingerprint density at radius 2 is 2.04 bits per heavy atom. The maximum absolute atomic E-state index is 12.9. The molecule has 1 atom stereocenters. The molecule has 2 heterocycles. The van der Waals surface area contributed by atoms with Crippen LogP contribution in [0.5, 0.6) is 0 Å². The first kappa shape index (κ1) is 18.9. The van der Waals surface area contributed by atoms with Crippen LogP contribution in [0.15, 0.2) is 6.07 Å². The Bertz CT molecular complexity index is 661. The number of amides is 2. The summed E-state index contributed by atoms with van der Waals surface area (Å²) >= 11 is 0. The topological polar surface area (TPSA) is 58.4 Å². The van der Waals surface area contributed by atoms with E-state index in [1.165, 1.54) is 12.8 Å². The molecule has 0 radical (unpaired) electrons. The van der Waals surface area contributed by atoms with E-state index in [1.54, 1.807) is 9.58 Å². The van der Waals surface area contributed by atoms with Gasteiger partial charge in [0.25, 0.3) is 5.91 Å². The molecule has 144 valence electrons. The van der Waals surface area contributed by atoms with E-state index in [0.29, 0.717) is 37.2 Å². The Balaban J connectivity index is 1.64. The first-order valence-electron chi connectivity index (χ1n) is 10.0. The number of nitrogens with zero attached hydrogens (tertiary/aromatic N) is 4. The summed E-state index contributed by atoms with van der Waals surface area (Å²) < 4.78 is 1.79. The second-order valence-electron chi connectivity index (χ2n) is 8.17. The van der Waals surface area contributed by atoms with E-state index in [0.717, 1.165) is 25.1 Å². The fourth-order valence-electron chi connectivity index (χ4n) is 4.30. The average Bonchev–Trinajstić information content (AvgIpc) is 3.33. The first-order chi connectivity index (χ1) is 12.4. The Kier molecular flexibility index (Phi) is 5.68. The first-order valence-corrected chi connectivity index (χ1v) is 10.0. The van der Waals surface area contributed by atoms with Crippen LogP contribution in [0.1, 0.15) is 75.0 Å². The molecule has 2 fully saturated rings. The molecule has 0 spiro atoms. The smallest absolute Gasteiger partial charge is 0.271 e. The Morgan fingerprint density at radius 3 is 2.65 bits per heavy atom. The highest BCUT2D eigenvalue weighted by molar-refractivity contribution is 5.92. The van der Waals surface area contributed by atoms with Gasteiger partial charge < -0.3 is 9.80 Å². The van der Waals surface area contributed by atoms with Crippen LogP contribution in [-0.4, -0.2) is 57.6 Å². The Labute approximate surface area is 156 Å². The molecular formula is C20H32N4O2. The lowest BCUT2D eigenvalue weighted by Crippen LogP contribution is -2.37. The van der Waals surface area contributed by atoms with E-state index >= 15 is 0 Å². The van der Waals surface area contributed by atoms with Gasteiger partial charge >= 0.3 is 0 Å². The quantitative estimate of drug-likeness (QED) is 0.784. The van der Waals surface area contributed by atoms with Crippen molar-refractivity contribution in [2.45, 2.75) is 71.4 Å². The van der Waals surface area contributed by atoms with E-state index < -0.39 is 0 Å². The lowest BCUT2D eigenvalue weighted by Gasteiger charge is -2.25. The molecule has 1 aliphatic carbocycles. The van der Waals surface area contributed by atoms with Gasteiger partial charge in [0.1, 0.15) is 5.69 Å². The van der Waals surface area contributed by atoms with Gasteiger partial charge in [0.05, 0.1) is 5.69 Å². The zero-order valence-corrected chi connectivity index (χ0v) is 16.6. The maximum Gasteiger partial charge on any atom is 0.271 e. The number of hydrogen-bond acceptors (Lipinski definition) is 3. The summed E-state index contributed by atoms with van der Waals surface area (Å²) in [6.45, 7) is 8.28. The summed E-state index contributed by atoms with van der Waals surface area (Å²) in [5.41, 5.74) is 1.60. The lowest BCUT2D eigenvalue weighted by molar-refractivity contribution is -0.129. The second-order valence-corrected chi connectivity index (χ2v) is 8.17. The van der Waals surface area contributed by atoms with Crippen LogP contribution in [-0.2, 0) is 11.3 Å². The SMILES string of the molecule is CCn1nc(C(C)C)cc1C(=O)N(C)CC1CC(=O)N(C2CCCC2)C1. The molecule has 26 heavy (non-hydrogen) atoms. The van der Waals surface area contributed by atoms with Crippen LogP contribution in [0, 0.1) is 5.92 Å². The summed E-state index contributed by atoms with van der Waals surface area (Å²) in [6.07, 6.45) is 5.31. The molecule has 0 bridgehead atoms. The number of hydrogen-bond donors (Lipinski definition) is 0. The van der Waals surface area contributed by atoms with E-state index in [2.05, 4.69) is 23.8 Å². The number of carbonyl (C=O) groups excluding carboxylic acids is 2. The summed E-state index contributed by atoms with van der Waals surface area (Å²) in [4.78, 5) is 29.2. The molecule has 1 unspecified atom stereocenters. The molecule has 2 aliphatic rings. The molecule has 3 rings (SSSR count). The lowest BCUT2D eigenvalue weighted by atomic mass is 10.1. The van der Waals surface area contributed by atoms with E-state index in [9.17, 15) is 9.59 Å². The Hall–Kier alpha value is -1.85. The van der Waals surface area contributed by atoms with E-state index in [-0.39, 0.29) is 17.7 Å². The predicted octanol–water partition coefficient (Wildman–Crippen LogP) is 2.89. The second kappa shape index (κ2) is 7.80. The van der Waals surface area contributed by atoms with Crippen molar-refractivity contribution >= 4 is 11.8 Å². The predicted molar refractivity (Wildman–Crippen MR) is 101 cm³/mol. The third kappa shape index (κ3) is 3.79. The standard InChI is InChI=1S/C20H32N4O2/c1-5-24-18(11-17(21-24)14(2)3)20(26)22(4)12-15-10-19(25)23(13-15)16-8-6-7-9-16/h11,14-16H,5-10,12-13H2,1-4H3. The third-order valence-electron chi connectivity index (χ3n) is 5.79. The van der Waals surface area contributed by atoms with Gasteiger partial charge in [0.15, 0.2) is 0 Å². The number of aryl methyl sites for hydroxylation is 1. The summed E-state index contributed by atoms with van der Waals surface area (Å²) in [5.74, 6) is 0.799.